The van der Waals surface area contributed by atoms with Crippen LogP contribution in [0.25, 0.3) is 0 Å². The van der Waals surface area contributed by atoms with Crippen molar-refractivity contribution in [2.75, 3.05) is 13.1 Å². The van der Waals surface area contributed by atoms with Gasteiger partial charge in [-0.25, -0.2) is 0 Å². The molecule has 2 N–H and O–H groups in total. The minimum Gasteiger partial charge on any atom is -0.350 e. The lowest BCUT2D eigenvalue weighted by atomic mass is 9.95. The summed E-state index contributed by atoms with van der Waals surface area (Å²) in [6, 6.07) is 5.96. The number of benzene rings is 1. The first-order valence-electron chi connectivity index (χ1n) is 7.33. The van der Waals surface area contributed by atoms with Gasteiger partial charge < -0.3 is 10.6 Å². The van der Waals surface area contributed by atoms with E-state index in [1.54, 1.807) is 0 Å². The van der Waals surface area contributed by atoms with E-state index in [4.69, 9.17) is 0 Å². The number of hydrogen-bond donors (Lipinski definition) is 2. The van der Waals surface area contributed by atoms with E-state index < -0.39 is 0 Å². The molecule has 0 spiro atoms. The van der Waals surface area contributed by atoms with Crippen molar-refractivity contribution in [1.29, 1.82) is 0 Å². The molecular formula is C16H20N4O. The predicted octanol–water partition coefficient (Wildman–Crippen LogP) is 1.27. The van der Waals surface area contributed by atoms with Crippen molar-refractivity contribution < 1.29 is 4.79 Å². The Hall–Kier alpha value is -2.14. The van der Waals surface area contributed by atoms with Crippen molar-refractivity contribution in [3.63, 3.8) is 0 Å². The second kappa shape index (κ2) is 6.10. The van der Waals surface area contributed by atoms with Gasteiger partial charge in [0.15, 0.2) is 0 Å². The molecule has 110 valence electrons. The van der Waals surface area contributed by atoms with Crippen LogP contribution in [0.2, 0.25) is 0 Å². The van der Waals surface area contributed by atoms with Crippen molar-refractivity contribution in [1.82, 2.24) is 20.4 Å². The molecule has 0 saturated heterocycles. The molecule has 2 aromatic rings. The van der Waals surface area contributed by atoms with E-state index in [1.165, 1.54) is 11.1 Å². The highest BCUT2D eigenvalue weighted by molar-refractivity contribution is 5.96. The Morgan fingerprint density at radius 3 is 3.19 bits per heavy atom. The molecule has 1 aromatic carbocycles. The van der Waals surface area contributed by atoms with Gasteiger partial charge in [0.05, 0.1) is 12.7 Å². The average molecular weight is 284 g/mol. The summed E-state index contributed by atoms with van der Waals surface area (Å²) >= 11 is 0. The lowest BCUT2D eigenvalue weighted by Gasteiger charge is -2.19. The first-order chi connectivity index (χ1) is 10.2. The number of aromatic nitrogens is 2. The Bertz CT molecular complexity index is 647. The molecule has 5 nitrogen and oxygen atoms in total. The lowest BCUT2D eigenvalue weighted by Crippen LogP contribution is -2.31. The highest BCUT2D eigenvalue weighted by Gasteiger charge is 2.16. The van der Waals surface area contributed by atoms with E-state index in [0.717, 1.165) is 30.6 Å². The number of aryl methyl sites for hydroxylation is 1. The van der Waals surface area contributed by atoms with Crippen molar-refractivity contribution >= 4 is 5.91 Å². The highest BCUT2D eigenvalue weighted by atomic mass is 16.1. The third kappa shape index (κ3) is 3.13. The number of amides is 1. The first kappa shape index (κ1) is 13.8. The van der Waals surface area contributed by atoms with E-state index in [9.17, 15) is 4.79 Å². The summed E-state index contributed by atoms with van der Waals surface area (Å²) in [4.78, 5) is 12.4. The first-order valence-corrected chi connectivity index (χ1v) is 7.33. The van der Waals surface area contributed by atoms with Gasteiger partial charge in [-0.3, -0.25) is 9.48 Å². The van der Waals surface area contributed by atoms with Gasteiger partial charge in [0, 0.05) is 24.8 Å². The fourth-order valence-corrected chi connectivity index (χ4v) is 2.71. The highest BCUT2D eigenvalue weighted by Crippen LogP contribution is 2.18. The van der Waals surface area contributed by atoms with Crippen LogP contribution in [0.5, 0.6) is 0 Å². The zero-order valence-electron chi connectivity index (χ0n) is 12.2. The molecule has 21 heavy (non-hydrogen) atoms. The van der Waals surface area contributed by atoms with Crippen molar-refractivity contribution in [2.24, 2.45) is 0 Å². The maximum Gasteiger partial charge on any atom is 0.251 e. The Labute approximate surface area is 124 Å². The summed E-state index contributed by atoms with van der Waals surface area (Å²) in [5, 5.41) is 10.5. The number of fused-ring (bicyclic) bond motifs is 1. The van der Waals surface area contributed by atoms with E-state index >= 15 is 0 Å². The van der Waals surface area contributed by atoms with Crippen molar-refractivity contribution in [2.45, 2.75) is 26.4 Å². The molecule has 3 rings (SSSR count). The molecule has 1 amide bonds. The number of rotatable bonds is 4. The molecule has 1 aromatic heterocycles. The number of nitrogens with zero attached hydrogens (tertiary/aromatic N) is 2. The van der Waals surface area contributed by atoms with E-state index in [2.05, 4.69) is 21.8 Å². The van der Waals surface area contributed by atoms with Crippen molar-refractivity contribution in [3.05, 3.63) is 52.8 Å². The van der Waals surface area contributed by atoms with Crippen LogP contribution in [0.15, 0.2) is 30.6 Å². The molecule has 0 unspecified atom stereocenters. The fraction of sp³-hybridized carbons (Fsp3) is 0.375. The van der Waals surface area contributed by atoms with Gasteiger partial charge in [-0.2, -0.15) is 5.10 Å². The van der Waals surface area contributed by atoms with Gasteiger partial charge >= 0.3 is 0 Å². The molecule has 2 heterocycles. The van der Waals surface area contributed by atoms with Gasteiger partial charge in [-0.05, 0) is 42.6 Å². The molecule has 0 bridgehead atoms. The Kier molecular flexibility index (Phi) is 4.01. The summed E-state index contributed by atoms with van der Waals surface area (Å²) in [6.07, 6.45) is 4.71. The van der Waals surface area contributed by atoms with Gasteiger partial charge in [-0.15, -0.1) is 0 Å². The zero-order chi connectivity index (χ0) is 14.7. The van der Waals surface area contributed by atoms with Crippen LogP contribution < -0.4 is 10.6 Å². The van der Waals surface area contributed by atoms with Crippen LogP contribution >= 0.6 is 0 Å². The summed E-state index contributed by atoms with van der Waals surface area (Å²) in [5.74, 6) is 0.0117. The van der Waals surface area contributed by atoms with Crippen LogP contribution in [0.1, 0.15) is 27.0 Å². The number of carbonyl (C=O) groups excluding carboxylic acids is 1. The third-order valence-corrected chi connectivity index (χ3v) is 3.77. The minimum absolute atomic E-state index is 0.0117. The molecule has 0 fully saturated rings. The summed E-state index contributed by atoms with van der Waals surface area (Å²) in [5.41, 5.74) is 4.36. The average Bonchev–Trinajstić information content (AvgIpc) is 2.92. The second-order valence-corrected chi connectivity index (χ2v) is 5.41. The topological polar surface area (TPSA) is 59.0 Å². The maximum atomic E-state index is 12.4. The third-order valence-electron chi connectivity index (χ3n) is 3.77. The molecule has 0 atom stereocenters. The molecule has 0 aliphatic carbocycles. The fourth-order valence-electron chi connectivity index (χ4n) is 2.71. The molecule has 5 heteroatoms. The maximum absolute atomic E-state index is 12.4. The van der Waals surface area contributed by atoms with Crippen LogP contribution in [-0.4, -0.2) is 28.8 Å². The van der Waals surface area contributed by atoms with Crippen LogP contribution in [0, 0.1) is 6.92 Å². The largest absolute Gasteiger partial charge is 0.350 e. The van der Waals surface area contributed by atoms with Crippen molar-refractivity contribution in [3.8, 4) is 0 Å². The van der Waals surface area contributed by atoms with E-state index in [-0.39, 0.29) is 5.91 Å². The van der Waals surface area contributed by atoms with Gasteiger partial charge in [0.2, 0.25) is 0 Å². The molecule has 0 saturated carbocycles. The second-order valence-electron chi connectivity index (χ2n) is 5.41. The molecule has 1 aliphatic rings. The van der Waals surface area contributed by atoms with Crippen LogP contribution in [0.4, 0.5) is 0 Å². The summed E-state index contributed by atoms with van der Waals surface area (Å²) in [6.45, 7) is 5.07. The number of carbonyl (C=O) groups is 1. The van der Waals surface area contributed by atoms with Gasteiger partial charge in [-0.1, -0.05) is 12.1 Å². The normalized spacial score (nSPS) is 13.8. The monoisotopic (exact) mass is 284 g/mol. The summed E-state index contributed by atoms with van der Waals surface area (Å²) < 4.78 is 1.85. The molecule has 0 radical (unpaired) electrons. The molecular weight excluding hydrogens is 264 g/mol. The lowest BCUT2D eigenvalue weighted by molar-refractivity contribution is 0.0950. The van der Waals surface area contributed by atoms with Crippen LogP contribution in [0.3, 0.4) is 0 Å². The standard InChI is InChI=1S/C16H20N4O/c1-12-9-19-20(11-12)8-7-18-16(21)15-4-2-3-13-10-17-6-5-14(13)15/h2-4,9,11,17H,5-8,10H2,1H3,(H,18,21). The minimum atomic E-state index is 0.0117. The quantitative estimate of drug-likeness (QED) is 0.889. The van der Waals surface area contributed by atoms with E-state index in [1.807, 2.05) is 36.1 Å². The Morgan fingerprint density at radius 2 is 2.38 bits per heavy atom. The van der Waals surface area contributed by atoms with Gasteiger partial charge in [0.25, 0.3) is 5.91 Å². The zero-order valence-corrected chi connectivity index (χ0v) is 12.2. The van der Waals surface area contributed by atoms with Gasteiger partial charge in [0.1, 0.15) is 0 Å². The smallest absolute Gasteiger partial charge is 0.251 e. The van der Waals surface area contributed by atoms with E-state index in [0.29, 0.717) is 13.1 Å². The Balaban J connectivity index is 1.63. The summed E-state index contributed by atoms with van der Waals surface area (Å²) in [7, 11) is 0. The number of nitrogens with one attached hydrogen (secondary N) is 2. The number of hydrogen-bond acceptors (Lipinski definition) is 3. The predicted molar refractivity (Wildman–Crippen MR) is 81.1 cm³/mol. The Morgan fingerprint density at radius 1 is 1.48 bits per heavy atom. The SMILES string of the molecule is Cc1cnn(CCNC(=O)c2cccc3c2CCNC3)c1. The molecule has 1 aliphatic heterocycles. The van der Waals surface area contributed by atoms with Crippen LogP contribution in [-0.2, 0) is 19.5 Å².